The number of aliphatic hydroxyl groups is 1. The van der Waals surface area contributed by atoms with E-state index >= 15 is 0 Å². The number of nitrogens with zero attached hydrogens (tertiary/aromatic N) is 1. The molecule has 0 heterocycles. The molecule has 220 valence electrons. The van der Waals surface area contributed by atoms with Crippen LogP contribution >= 0.6 is 0 Å². The molecule has 0 aromatic heterocycles. The molecule has 40 heavy (non-hydrogen) atoms. The summed E-state index contributed by atoms with van der Waals surface area (Å²) in [5.74, 6) is 0.239. The van der Waals surface area contributed by atoms with Gasteiger partial charge in [-0.2, -0.15) is 0 Å². The Hall–Kier alpha value is -2.70. The van der Waals surface area contributed by atoms with Gasteiger partial charge in [0.1, 0.15) is 0 Å². The van der Waals surface area contributed by atoms with Crippen molar-refractivity contribution in [3.63, 3.8) is 0 Å². The monoisotopic (exact) mass is 549 g/mol. The third-order valence-corrected chi connectivity index (χ3v) is 8.04. The number of aryl methyl sites for hydroxylation is 2. The van der Waals surface area contributed by atoms with E-state index in [1.165, 1.54) is 30.4 Å². The third-order valence-electron chi connectivity index (χ3n) is 8.04. The summed E-state index contributed by atoms with van der Waals surface area (Å²) in [4.78, 5) is 28.7. The van der Waals surface area contributed by atoms with Crippen LogP contribution in [0.25, 0.3) is 0 Å². The van der Waals surface area contributed by atoms with Crippen LogP contribution in [0.3, 0.4) is 0 Å². The highest BCUT2D eigenvalue weighted by molar-refractivity contribution is 6.00. The van der Waals surface area contributed by atoms with Gasteiger partial charge in [0.2, 0.25) is 0 Å². The molecule has 1 saturated carbocycles. The molecule has 0 saturated heterocycles. The zero-order valence-electron chi connectivity index (χ0n) is 25.2. The number of amides is 2. The zero-order chi connectivity index (χ0) is 28.9. The predicted octanol–water partition coefficient (Wildman–Crippen LogP) is 6.04. The van der Waals surface area contributed by atoms with Crippen LogP contribution in [-0.2, 0) is 13.0 Å². The number of nitrogens with one attached hydrogen (secondary N) is 2. The van der Waals surface area contributed by atoms with E-state index in [0.717, 1.165) is 44.1 Å². The molecule has 6 heteroatoms. The second-order valence-electron chi connectivity index (χ2n) is 11.6. The number of aliphatic hydroxyl groups excluding tert-OH is 1. The molecule has 2 aromatic carbocycles. The van der Waals surface area contributed by atoms with Crippen molar-refractivity contribution >= 4 is 11.8 Å². The molecule has 0 radical (unpaired) electrons. The smallest absolute Gasteiger partial charge is 0.253 e. The van der Waals surface area contributed by atoms with E-state index < -0.39 is 6.10 Å². The number of carbonyl (C=O) groups is 2. The Bertz CT molecular complexity index is 1070. The Morgan fingerprint density at radius 1 is 0.950 bits per heavy atom. The first-order valence-corrected chi connectivity index (χ1v) is 15.5. The lowest BCUT2D eigenvalue weighted by Crippen LogP contribution is -2.48. The summed E-state index contributed by atoms with van der Waals surface area (Å²) in [6, 6.07) is 13.5. The molecular formula is C34H51N3O3. The van der Waals surface area contributed by atoms with Crippen LogP contribution in [0, 0.1) is 12.8 Å². The van der Waals surface area contributed by atoms with E-state index in [9.17, 15) is 14.7 Å². The molecule has 2 atom stereocenters. The minimum Gasteiger partial charge on any atom is -0.390 e. The Balaban J connectivity index is 1.72. The van der Waals surface area contributed by atoms with Crippen LogP contribution in [-0.4, -0.2) is 53.6 Å². The van der Waals surface area contributed by atoms with E-state index in [1.54, 1.807) is 6.07 Å². The van der Waals surface area contributed by atoms with Crippen molar-refractivity contribution < 1.29 is 14.7 Å². The van der Waals surface area contributed by atoms with Crippen LogP contribution < -0.4 is 10.6 Å². The molecule has 0 unspecified atom stereocenters. The van der Waals surface area contributed by atoms with Gasteiger partial charge in [-0.1, -0.05) is 77.1 Å². The molecule has 1 aliphatic rings. The van der Waals surface area contributed by atoms with Crippen molar-refractivity contribution in [2.75, 3.05) is 19.6 Å². The summed E-state index contributed by atoms with van der Waals surface area (Å²) in [5, 5.41) is 17.8. The maximum atomic E-state index is 13.5. The van der Waals surface area contributed by atoms with Crippen LogP contribution in [0.2, 0.25) is 0 Å². The normalized spacial score (nSPS) is 15.4. The maximum Gasteiger partial charge on any atom is 0.253 e. The molecule has 0 aliphatic heterocycles. The van der Waals surface area contributed by atoms with E-state index in [-0.39, 0.29) is 17.9 Å². The highest BCUT2D eigenvalue weighted by Gasteiger charge is 2.27. The van der Waals surface area contributed by atoms with Crippen molar-refractivity contribution in [2.45, 2.75) is 104 Å². The Kier molecular flexibility index (Phi) is 13.2. The van der Waals surface area contributed by atoms with Gasteiger partial charge in [-0.05, 0) is 73.4 Å². The van der Waals surface area contributed by atoms with Gasteiger partial charge in [-0.15, -0.1) is 0 Å². The van der Waals surface area contributed by atoms with Crippen molar-refractivity contribution in [1.29, 1.82) is 0 Å². The first kappa shape index (κ1) is 31.8. The van der Waals surface area contributed by atoms with Crippen LogP contribution in [0.15, 0.2) is 42.5 Å². The van der Waals surface area contributed by atoms with Gasteiger partial charge in [0.05, 0.1) is 12.1 Å². The number of hydrogen-bond donors (Lipinski definition) is 3. The molecule has 1 fully saturated rings. The lowest BCUT2D eigenvalue weighted by molar-refractivity contribution is 0.0755. The summed E-state index contributed by atoms with van der Waals surface area (Å²) in [7, 11) is 0. The summed E-state index contributed by atoms with van der Waals surface area (Å²) in [5.41, 5.74) is 4.39. The number of benzene rings is 2. The highest BCUT2D eigenvalue weighted by atomic mass is 16.3. The van der Waals surface area contributed by atoms with Crippen molar-refractivity contribution in [1.82, 2.24) is 15.5 Å². The molecule has 3 N–H and O–H groups in total. The fourth-order valence-corrected chi connectivity index (χ4v) is 5.89. The minimum atomic E-state index is -0.712. The molecule has 0 spiro atoms. The lowest BCUT2D eigenvalue weighted by atomic mass is 9.83. The van der Waals surface area contributed by atoms with Crippen molar-refractivity contribution in [2.24, 2.45) is 5.92 Å². The fourth-order valence-electron chi connectivity index (χ4n) is 5.89. The summed E-state index contributed by atoms with van der Waals surface area (Å²) in [6.45, 7) is 10.7. The Morgan fingerprint density at radius 2 is 1.62 bits per heavy atom. The van der Waals surface area contributed by atoms with E-state index in [2.05, 4.69) is 55.7 Å². The second kappa shape index (κ2) is 16.5. The van der Waals surface area contributed by atoms with Gasteiger partial charge in [0, 0.05) is 37.3 Å². The van der Waals surface area contributed by atoms with E-state index in [4.69, 9.17) is 0 Å². The molecule has 1 aliphatic carbocycles. The van der Waals surface area contributed by atoms with Crippen molar-refractivity contribution in [3.05, 3.63) is 70.3 Å². The Morgan fingerprint density at radius 3 is 2.30 bits per heavy atom. The van der Waals surface area contributed by atoms with Gasteiger partial charge in [-0.3, -0.25) is 9.59 Å². The van der Waals surface area contributed by atoms with Gasteiger partial charge in [-0.25, -0.2) is 0 Å². The average molecular weight is 550 g/mol. The number of hydrogen-bond acceptors (Lipinski definition) is 4. The van der Waals surface area contributed by atoms with Gasteiger partial charge >= 0.3 is 0 Å². The van der Waals surface area contributed by atoms with Crippen molar-refractivity contribution in [3.8, 4) is 0 Å². The Labute approximate surface area is 241 Å². The minimum absolute atomic E-state index is 0.0309. The maximum absolute atomic E-state index is 13.5. The zero-order valence-corrected chi connectivity index (χ0v) is 25.2. The predicted molar refractivity (Wildman–Crippen MR) is 164 cm³/mol. The van der Waals surface area contributed by atoms with Gasteiger partial charge < -0.3 is 20.6 Å². The molecule has 2 aromatic rings. The highest BCUT2D eigenvalue weighted by Crippen LogP contribution is 2.28. The van der Waals surface area contributed by atoms with Gasteiger partial charge in [0.15, 0.2) is 0 Å². The second-order valence-corrected chi connectivity index (χ2v) is 11.6. The number of rotatable bonds is 15. The molecule has 6 nitrogen and oxygen atoms in total. The van der Waals surface area contributed by atoms with Crippen LogP contribution in [0.1, 0.15) is 110 Å². The average Bonchev–Trinajstić information content (AvgIpc) is 2.96. The molecule has 3 rings (SSSR count). The SMILES string of the molecule is CCCN(CCC)C(=O)c1cc(C)cc(C(=O)N[C@@H](CC2CCCCC2)[C@H](O)CNCc2cccc(CC)c2)c1. The first-order valence-electron chi connectivity index (χ1n) is 15.5. The standard InChI is InChI=1S/C34H51N3O3/c1-5-16-37(17-6-2)34(40)30-19-25(4)18-29(22-30)33(39)36-31(21-27-12-9-8-10-13-27)32(38)24-35-23-28-15-11-14-26(7-3)20-28/h11,14-15,18-20,22,27,31-32,35,38H,5-10,12-13,16-17,21,23-24H2,1-4H3,(H,36,39)/t31-,32+/m0/s1. The first-order chi connectivity index (χ1) is 19.3. The van der Waals surface area contributed by atoms with E-state index in [1.807, 2.05) is 24.0 Å². The van der Waals surface area contributed by atoms with Crippen LogP contribution in [0.5, 0.6) is 0 Å². The van der Waals surface area contributed by atoms with Gasteiger partial charge in [0.25, 0.3) is 11.8 Å². The molecule has 2 amide bonds. The molecule has 0 bridgehead atoms. The van der Waals surface area contributed by atoms with E-state index in [0.29, 0.717) is 43.2 Å². The third kappa shape index (κ3) is 9.74. The van der Waals surface area contributed by atoms with Crippen LogP contribution in [0.4, 0.5) is 0 Å². The quantitative estimate of drug-likeness (QED) is 0.253. The largest absolute Gasteiger partial charge is 0.390 e. The molecular weight excluding hydrogens is 498 g/mol. The fraction of sp³-hybridized carbons (Fsp3) is 0.588. The summed E-state index contributed by atoms with van der Waals surface area (Å²) in [6.07, 6.45) is 8.80. The summed E-state index contributed by atoms with van der Waals surface area (Å²) < 4.78 is 0. The summed E-state index contributed by atoms with van der Waals surface area (Å²) >= 11 is 0. The lowest BCUT2D eigenvalue weighted by Gasteiger charge is -2.30. The number of carbonyl (C=O) groups excluding carboxylic acids is 2. The topological polar surface area (TPSA) is 81.7 Å².